The fourth-order valence-electron chi connectivity index (χ4n) is 4.28. The highest BCUT2D eigenvalue weighted by Gasteiger charge is 2.23. The molecule has 5 nitrogen and oxygen atoms in total. The predicted molar refractivity (Wildman–Crippen MR) is 131 cm³/mol. The van der Waals surface area contributed by atoms with Crippen molar-refractivity contribution >= 4 is 29.9 Å². The van der Waals surface area contributed by atoms with Crippen LogP contribution in [-0.4, -0.2) is 63.0 Å². The average Bonchev–Trinajstić information content (AvgIpc) is 2.70. The van der Waals surface area contributed by atoms with Gasteiger partial charge in [0.1, 0.15) is 0 Å². The zero-order valence-electron chi connectivity index (χ0n) is 18.3. The number of rotatable bonds is 6. The third kappa shape index (κ3) is 8.06. The Morgan fingerprint density at radius 2 is 1.86 bits per heavy atom. The minimum absolute atomic E-state index is 0. The Morgan fingerprint density at radius 1 is 1.14 bits per heavy atom. The van der Waals surface area contributed by atoms with Crippen molar-refractivity contribution in [3.63, 3.8) is 0 Å². The maximum Gasteiger partial charge on any atom is 0.193 e. The van der Waals surface area contributed by atoms with Gasteiger partial charge in [0.15, 0.2) is 5.96 Å². The van der Waals surface area contributed by atoms with Crippen LogP contribution in [0.1, 0.15) is 48.8 Å². The lowest BCUT2D eigenvalue weighted by Gasteiger charge is -2.35. The predicted octanol–water partition coefficient (Wildman–Crippen LogP) is 4.09. The van der Waals surface area contributed by atoms with E-state index in [4.69, 9.17) is 9.47 Å². The average molecular weight is 515 g/mol. The summed E-state index contributed by atoms with van der Waals surface area (Å²) in [6, 6.07) is 6.77. The van der Waals surface area contributed by atoms with Gasteiger partial charge in [0.2, 0.25) is 0 Å². The van der Waals surface area contributed by atoms with Crippen LogP contribution in [0.3, 0.4) is 0 Å². The Balaban J connectivity index is 0.00000300. The molecular weight excluding hydrogens is 477 g/mol. The summed E-state index contributed by atoms with van der Waals surface area (Å²) in [5, 5.41) is 3.54. The molecule has 2 fully saturated rings. The molecule has 0 saturated carbocycles. The van der Waals surface area contributed by atoms with Gasteiger partial charge in [-0.2, -0.15) is 0 Å². The summed E-state index contributed by atoms with van der Waals surface area (Å²) in [6.45, 7) is 8.89. The zero-order chi connectivity index (χ0) is 19.8. The molecule has 164 valence electrons. The molecule has 2 aliphatic rings. The number of likely N-dealkylation sites (tertiary alicyclic amines) is 1. The highest BCUT2D eigenvalue weighted by Crippen LogP contribution is 2.18. The first-order chi connectivity index (χ1) is 13.6. The van der Waals surface area contributed by atoms with Crippen LogP contribution in [0.25, 0.3) is 0 Å². The van der Waals surface area contributed by atoms with E-state index < -0.39 is 0 Å². The first-order valence-corrected chi connectivity index (χ1v) is 10.9. The molecule has 2 saturated heterocycles. The molecule has 2 aliphatic heterocycles. The van der Waals surface area contributed by atoms with Gasteiger partial charge < -0.3 is 19.7 Å². The Morgan fingerprint density at radius 3 is 2.48 bits per heavy atom. The van der Waals surface area contributed by atoms with Gasteiger partial charge in [-0.1, -0.05) is 29.3 Å². The van der Waals surface area contributed by atoms with Gasteiger partial charge in [-0.25, -0.2) is 0 Å². The Bertz CT molecular complexity index is 619. The van der Waals surface area contributed by atoms with Gasteiger partial charge in [-0.05, 0) is 57.9 Å². The lowest BCUT2D eigenvalue weighted by molar-refractivity contribution is -0.0721. The normalized spacial score (nSPS) is 21.0. The Kier molecular flexibility index (Phi) is 10.7. The number of aliphatic imine (C=N–C) groups is 1. The van der Waals surface area contributed by atoms with Crippen LogP contribution >= 0.6 is 24.0 Å². The molecule has 2 heterocycles. The minimum Gasteiger partial charge on any atom is -0.376 e. The van der Waals surface area contributed by atoms with Crippen LogP contribution in [0.2, 0.25) is 0 Å². The van der Waals surface area contributed by atoms with Crippen molar-refractivity contribution in [1.29, 1.82) is 0 Å². The number of ether oxygens (including phenoxy) is 2. The summed E-state index contributed by atoms with van der Waals surface area (Å²) in [7, 11) is 1.88. The monoisotopic (exact) mass is 515 g/mol. The largest absolute Gasteiger partial charge is 0.376 e. The minimum atomic E-state index is 0. The second-order valence-corrected chi connectivity index (χ2v) is 8.23. The molecule has 1 aromatic rings. The smallest absolute Gasteiger partial charge is 0.193 e. The number of hydrogen-bond donors (Lipinski definition) is 1. The maximum atomic E-state index is 6.13. The van der Waals surface area contributed by atoms with Crippen molar-refractivity contribution < 1.29 is 9.47 Å². The van der Waals surface area contributed by atoms with Crippen molar-refractivity contribution in [3.05, 3.63) is 34.9 Å². The molecule has 0 bridgehead atoms. The first-order valence-electron chi connectivity index (χ1n) is 10.9. The summed E-state index contributed by atoms with van der Waals surface area (Å²) >= 11 is 0. The number of nitrogens with one attached hydrogen (secondary N) is 1. The highest BCUT2D eigenvalue weighted by atomic mass is 127. The van der Waals surface area contributed by atoms with Crippen molar-refractivity contribution in [1.82, 2.24) is 10.2 Å². The number of piperidine rings is 1. The molecule has 0 amide bonds. The van der Waals surface area contributed by atoms with E-state index in [1.54, 1.807) is 0 Å². The number of halogens is 1. The molecule has 29 heavy (non-hydrogen) atoms. The summed E-state index contributed by atoms with van der Waals surface area (Å²) < 4.78 is 11.9. The Labute approximate surface area is 193 Å². The van der Waals surface area contributed by atoms with Crippen LogP contribution in [0.5, 0.6) is 0 Å². The van der Waals surface area contributed by atoms with E-state index in [9.17, 15) is 0 Å². The zero-order valence-corrected chi connectivity index (χ0v) is 20.6. The van der Waals surface area contributed by atoms with Gasteiger partial charge in [-0.3, -0.25) is 4.99 Å². The van der Waals surface area contributed by atoms with Crippen molar-refractivity contribution in [2.45, 2.75) is 64.6 Å². The molecule has 3 rings (SSSR count). The van der Waals surface area contributed by atoms with E-state index in [1.165, 1.54) is 29.5 Å². The van der Waals surface area contributed by atoms with Crippen LogP contribution in [0.15, 0.2) is 23.2 Å². The van der Waals surface area contributed by atoms with Gasteiger partial charge in [0.25, 0.3) is 0 Å². The second kappa shape index (κ2) is 12.7. The molecule has 0 aromatic heterocycles. The van der Waals surface area contributed by atoms with Crippen LogP contribution in [0.4, 0.5) is 0 Å². The SMILES string of the molecule is CN=C(NCCc1cc(C)cc(C)c1)N1CCC(OCC2CCCCO2)CC1.I. The summed E-state index contributed by atoms with van der Waals surface area (Å²) in [5.74, 6) is 1.01. The van der Waals surface area contributed by atoms with Crippen molar-refractivity contribution in [3.8, 4) is 0 Å². The fraction of sp³-hybridized carbons (Fsp3) is 0.696. The lowest BCUT2D eigenvalue weighted by atomic mass is 10.1. The quantitative estimate of drug-likeness (QED) is 0.352. The number of benzene rings is 1. The van der Waals surface area contributed by atoms with E-state index in [1.807, 2.05) is 7.05 Å². The van der Waals surface area contributed by atoms with Crippen LogP contribution in [0, 0.1) is 13.8 Å². The molecule has 0 radical (unpaired) electrons. The summed E-state index contributed by atoms with van der Waals surface area (Å²) in [5.41, 5.74) is 4.05. The number of hydrogen-bond acceptors (Lipinski definition) is 3. The summed E-state index contributed by atoms with van der Waals surface area (Å²) in [4.78, 5) is 6.85. The highest BCUT2D eigenvalue weighted by molar-refractivity contribution is 14.0. The van der Waals surface area contributed by atoms with Crippen molar-refractivity contribution in [2.75, 3.05) is 39.9 Å². The van der Waals surface area contributed by atoms with E-state index >= 15 is 0 Å². The third-order valence-electron chi connectivity index (χ3n) is 5.72. The van der Waals surface area contributed by atoms with Gasteiger partial charge in [0, 0.05) is 33.3 Å². The van der Waals surface area contributed by atoms with E-state index in [0.29, 0.717) is 12.2 Å². The molecule has 6 heteroatoms. The van der Waals surface area contributed by atoms with E-state index in [0.717, 1.165) is 64.5 Å². The van der Waals surface area contributed by atoms with Crippen LogP contribution in [-0.2, 0) is 15.9 Å². The lowest BCUT2D eigenvalue weighted by Crippen LogP contribution is -2.47. The molecular formula is C23H38IN3O2. The topological polar surface area (TPSA) is 46.1 Å². The van der Waals surface area contributed by atoms with E-state index in [2.05, 4.69) is 47.3 Å². The third-order valence-corrected chi connectivity index (χ3v) is 5.72. The molecule has 0 spiro atoms. The summed E-state index contributed by atoms with van der Waals surface area (Å²) in [6.07, 6.45) is 7.43. The molecule has 1 atom stereocenters. The number of aryl methyl sites for hydroxylation is 2. The number of guanidine groups is 1. The molecule has 1 N–H and O–H groups in total. The molecule has 1 unspecified atom stereocenters. The van der Waals surface area contributed by atoms with Crippen LogP contribution < -0.4 is 5.32 Å². The Hall–Kier alpha value is -0.860. The van der Waals surface area contributed by atoms with Gasteiger partial charge >= 0.3 is 0 Å². The maximum absolute atomic E-state index is 6.13. The molecule has 1 aromatic carbocycles. The number of nitrogens with zero attached hydrogens (tertiary/aromatic N) is 2. The van der Waals surface area contributed by atoms with Gasteiger partial charge in [0.05, 0.1) is 18.8 Å². The standard InChI is InChI=1S/C23H37N3O2.HI/c1-18-14-19(2)16-20(15-18)7-10-25-23(24-3)26-11-8-21(9-12-26)28-17-22-6-4-5-13-27-22;/h14-16,21-22H,4-13,17H2,1-3H3,(H,24,25);1H. The first kappa shape index (κ1) is 24.4. The second-order valence-electron chi connectivity index (χ2n) is 8.23. The van der Waals surface area contributed by atoms with Gasteiger partial charge in [-0.15, -0.1) is 24.0 Å². The van der Waals surface area contributed by atoms with Crippen molar-refractivity contribution in [2.24, 2.45) is 4.99 Å². The van der Waals surface area contributed by atoms with E-state index in [-0.39, 0.29) is 24.0 Å². The fourth-order valence-corrected chi connectivity index (χ4v) is 4.28. The molecule has 0 aliphatic carbocycles.